The smallest absolute Gasteiger partial charge is 0.0683 e. The van der Waals surface area contributed by atoms with Crippen molar-refractivity contribution in [3.05, 3.63) is 0 Å². The van der Waals surface area contributed by atoms with Crippen molar-refractivity contribution in [1.29, 1.82) is 0 Å². The summed E-state index contributed by atoms with van der Waals surface area (Å²) in [7, 11) is 0. The van der Waals surface area contributed by atoms with E-state index < -0.39 is 0 Å². The van der Waals surface area contributed by atoms with Crippen molar-refractivity contribution in [2.45, 2.75) is 45.1 Å². The zero-order chi connectivity index (χ0) is 11.4. The van der Waals surface area contributed by atoms with E-state index in [1.807, 2.05) is 0 Å². The van der Waals surface area contributed by atoms with E-state index in [0.717, 1.165) is 39.1 Å². The molecule has 2 unspecified atom stereocenters. The molecule has 1 saturated heterocycles. The lowest BCUT2D eigenvalue weighted by Crippen LogP contribution is -2.37. The van der Waals surface area contributed by atoms with Gasteiger partial charge in [0.05, 0.1) is 12.7 Å². The van der Waals surface area contributed by atoms with E-state index in [2.05, 4.69) is 6.92 Å². The molecule has 2 atom stereocenters. The normalized spacial score (nSPS) is 34.5. The highest BCUT2D eigenvalue weighted by molar-refractivity contribution is 4.99. The summed E-state index contributed by atoms with van der Waals surface area (Å²) in [5.41, 5.74) is -0.00505. The van der Waals surface area contributed by atoms with Gasteiger partial charge in [-0.3, -0.25) is 0 Å². The van der Waals surface area contributed by atoms with Crippen LogP contribution in [0.15, 0.2) is 0 Å². The molecule has 94 valence electrons. The Bertz CT molecular complexity index is 215. The zero-order valence-corrected chi connectivity index (χ0v) is 10.3. The van der Waals surface area contributed by atoms with Crippen LogP contribution in [-0.4, -0.2) is 37.6 Å². The van der Waals surface area contributed by atoms with Crippen molar-refractivity contribution in [2.75, 3.05) is 26.4 Å². The highest BCUT2D eigenvalue weighted by Gasteiger charge is 2.50. The van der Waals surface area contributed by atoms with Crippen LogP contribution in [0.5, 0.6) is 0 Å². The second-order valence-corrected chi connectivity index (χ2v) is 5.26. The van der Waals surface area contributed by atoms with Crippen molar-refractivity contribution in [3.8, 4) is 0 Å². The van der Waals surface area contributed by atoms with Crippen LogP contribution >= 0.6 is 0 Å². The summed E-state index contributed by atoms with van der Waals surface area (Å²) in [6.07, 6.45) is 5.87. The molecule has 0 radical (unpaired) electrons. The van der Waals surface area contributed by atoms with Gasteiger partial charge >= 0.3 is 0 Å². The third kappa shape index (κ3) is 2.58. The third-order valence-corrected chi connectivity index (χ3v) is 3.96. The lowest BCUT2D eigenvalue weighted by atomic mass is 9.77. The van der Waals surface area contributed by atoms with E-state index in [1.54, 1.807) is 0 Å². The van der Waals surface area contributed by atoms with Crippen LogP contribution in [0.4, 0.5) is 0 Å². The maximum Gasteiger partial charge on any atom is 0.0683 e. The summed E-state index contributed by atoms with van der Waals surface area (Å²) >= 11 is 0. The predicted octanol–water partition coefficient (Wildman–Crippen LogP) is 1.98. The van der Waals surface area contributed by atoms with E-state index in [9.17, 15) is 5.11 Å². The van der Waals surface area contributed by atoms with Gasteiger partial charge in [0.1, 0.15) is 0 Å². The van der Waals surface area contributed by atoms with Gasteiger partial charge in [-0.1, -0.05) is 6.92 Å². The molecule has 1 aliphatic carbocycles. The van der Waals surface area contributed by atoms with Crippen LogP contribution in [0.3, 0.4) is 0 Å². The van der Waals surface area contributed by atoms with Gasteiger partial charge in [0.25, 0.3) is 0 Å². The molecule has 2 rings (SSSR count). The highest BCUT2D eigenvalue weighted by atomic mass is 16.5. The Balaban J connectivity index is 1.84. The summed E-state index contributed by atoms with van der Waals surface area (Å²) in [6, 6.07) is 0. The SMILES string of the molecule is CCCOCCC1(CO)CCOC1C1CC1. The van der Waals surface area contributed by atoms with Gasteiger partial charge in [0.15, 0.2) is 0 Å². The zero-order valence-electron chi connectivity index (χ0n) is 10.3. The van der Waals surface area contributed by atoms with Gasteiger partial charge in [-0.25, -0.2) is 0 Å². The number of rotatable bonds is 7. The quantitative estimate of drug-likeness (QED) is 0.677. The van der Waals surface area contributed by atoms with Crippen LogP contribution in [0, 0.1) is 11.3 Å². The molecular formula is C13H24O3. The molecule has 0 aromatic carbocycles. The fourth-order valence-electron chi connectivity index (χ4n) is 2.78. The van der Waals surface area contributed by atoms with E-state index in [-0.39, 0.29) is 12.0 Å². The van der Waals surface area contributed by atoms with Crippen LogP contribution in [-0.2, 0) is 9.47 Å². The van der Waals surface area contributed by atoms with Gasteiger partial charge in [-0.2, -0.15) is 0 Å². The molecule has 1 N–H and O–H groups in total. The van der Waals surface area contributed by atoms with E-state index in [1.165, 1.54) is 12.8 Å². The molecule has 1 heterocycles. The molecule has 1 aliphatic heterocycles. The van der Waals surface area contributed by atoms with Crippen LogP contribution in [0.2, 0.25) is 0 Å². The first-order valence-electron chi connectivity index (χ1n) is 6.62. The van der Waals surface area contributed by atoms with Gasteiger partial charge in [0, 0.05) is 25.2 Å². The molecule has 2 fully saturated rings. The summed E-state index contributed by atoms with van der Waals surface area (Å²) in [6.45, 7) is 4.78. The van der Waals surface area contributed by atoms with Crippen LogP contribution in [0.1, 0.15) is 39.0 Å². The van der Waals surface area contributed by atoms with E-state index >= 15 is 0 Å². The summed E-state index contributed by atoms with van der Waals surface area (Å²) in [4.78, 5) is 0. The lowest BCUT2D eigenvalue weighted by Gasteiger charge is -2.32. The van der Waals surface area contributed by atoms with Crippen LogP contribution < -0.4 is 0 Å². The Kier molecular flexibility index (Phi) is 4.22. The highest BCUT2D eigenvalue weighted by Crippen LogP contribution is 2.49. The minimum absolute atomic E-state index is 0.00505. The average Bonchev–Trinajstić information content (AvgIpc) is 3.06. The Morgan fingerprint density at radius 1 is 1.38 bits per heavy atom. The average molecular weight is 228 g/mol. The Morgan fingerprint density at radius 3 is 2.81 bits per heavy atom. The number of ether oxygens (including phenoxy) is 2. The molecule has 0 bridgehead atoms. The van der Waals surface area contributed by atoms with Gasteiger partial charge in [-0.05, 0) is 38.0 Å². The number of hydrogen-bond acceptors (Lipinski definition) is 3. The number of aliphatic hydroxyl groups excluding tert-OH is 1. The van der Waals surface area contributed by atoms with Gasteiger partial charge in [0.2, 0.25) is 0 Å². The minimum Gasteiger partial charge on any atom is -0.396 e. The largest absolute Gasteiger partial charge is 0.396 e. The van der Waals surface area contributed by atoms with E-state index in [0.29, 0.717) is 12.0 Å². The molecular weight excluding hydrogens is 204 g/mol. The van der Waals surface area contributed by atoms with Gasteiger partial charge in [-0.15, -0.1) is 0 Å². The standard InChI is InChI=1S/C13H24O3/c1-2-7-15-8-5-13(10-14)6-9-16-12(13)11-3-4-11/h11-12,14H,2-10H2,1H3. The summed E-state index contributed by atoms with van der Waals surface area (Å²) in [5, 5.41) is 9.68. The molecule has 0 aromatic rings. The monoisotopic (exact) mass is 228 g/mol. The topological polar surface area (TPSA) is 38.7 Å². The second-order valence-electron chi connectivity index (χ2n) is 5.26. The third-order valence-electron chi connectivity index (χ3n) is 3.96. The first-order chi connectivity index (χ1) is 7.82. The number of aliphatic hydroxyl groups is 1. The van der Waals surface area contributed by atoms with Crippen molar-refractivity contribution in [1.82, 2.24) is 0 Å². The van der Waals surface area contributed by atoms with Crippen molar-refractivity contribution < 1.29 is 14.6 Å². The Labute approximate surface area is 98.1 Å². The van der Waals surface area contributed by atoms with E-state index in [4.69, 9.17) is 9.47 Å². The lowest BCUT2D eigenvalue weighted by molar-refractivity contribution is -0.0202. The molecule has 0 amide bonds. The molecule has 0 spiro atoms. The fourth-order valence-corrected chi connectivity index (χ4v) is 2.78. The molecule has 3 heteroatoms. The van der Waals surface area contributed by atoms with Crippen molar-refractivity contribution in [3.63, 3.8) is 0 Å². The summed E-state index contributed by atoms with van der Waals surface area (Å²) < 4.78 is 11.4. The van der Waals surface area contributed by atoms with Crippen molar-refractivity contribution >= 4 is 0 Å². The first kappa shape index (κ1) is 12.3. The van der Waals surface area contributed by atoms with Gasteiger partial charge < -0.3 is 14.6 Å². The summed E-state index contributed by atoms with van der Waals surface area (Å²) in [5.74, 6) is 0.709. The minimum atomic E-state index is -0.00505. The Hall–Kier alpha value is -0.120. The first-order valence-corrected chi connectivity index (χ1v) is 6.62. The number of hydrogen-bond donors (Lipinski definition) is 1. The van der Waals surface area contributed by atoms with Crippen molar-refractivity contribution in [2.24, 2.45) is 11.3 Å². The predicted molar refractivity (Wildman–Crippen MR) is 62.3 cm³/mol. The molecule has 0 aromatic heterocycles. The Morgan fingerprint density at radius 2 is 2.19 bits per heavy atom. The maximum absolute atomic E-state index is 9.68. The molecule has 2 aliphatic rings. The molecule has 3 nitrogen and oxygen atoms in total. The maximum atomic E-state index is 9.68. The fraction of sp³-hybridized carbons (Fsp3) is 1.00. The second kappa shape index (κ2) is 5.48. The molecule has 1 saturated carbocycles. The van der Waals surface area contributed by atoms with Crippen LogP contribution in [0.25, 0.3) is 0 Å². The molecule has 16 heavy (non-hydrogen) atoms.